The molecule has 4 nitrogen and oxygen atoms in total. The number of carbonyl (C=O) groups is 2. The lowest BCUT2D eigenvalue weighted by atomic mass is 9.69. The summed E-state index contributed by atoms with van der Waals surface area (Å²) in [4.78, 5) is 32.1. The highest BCUT2D eigenvalue weighted by molar-refractivity contribution is 5.85. The summed E-state index contributed by atoms with van der Waals surface area (Å²) in [5, 5.41) is 0. The Morgan fingerprint density at radius 3 is 1.35 bits per heavy atom. The Morgan fingerprint density at radius 2 is 0.912 bits per heavy atom. The van der Waals surface area contributed by atoms with Crippen LogP contribution in [0.5, 0.6) is 0 Å². The zero-order valence-corrected chi connectivity index (χ0v) is 22.1. The summed E-state index contributed by atoms with van der Waals surface area (Å²) in [6, 6.07) is 1.03. The van der Waals surface area contributed by atoms with Gasteiger partial charge < -0.3 is 0 Å². The summed E-state index contributed by atoms with van der Waals surface area (Å²) >= 11 is 0. The van der Waals surface area contributed by atoms with Gasteiger partial charge in [0, 0.05) is 48.8 Å². The highest BCUT2D eigenvalue weighted by atomic mass is 16.1. The van der Waals surface area contributed by atoms with Crippen molar-refractivity contribution in [3.05, 3.63) is 0 Å². The van der Waals surface area contributed by atoms with Crippen LogP contribution in [0.2, 0.25) is 0 Å². The SMILES string of the molecule is C[C@@H]1CN2CCC[C@H]3CCCCC[C@@H]4C(=O)[C@@H](C)CN5CCC[C@@H](CCCCC[C@@H](C1=O)[C@H]32)[C@H]45. The van der Waals surface area contributed by atoms with Crippen molar-refractivity contribution >= 4 is 11.6 Å². The van der Waals surface area contributed by atoms with Crippen LogP contribution >= 0.6 is 0 Å². The number of piperidine rings is 4. The monoisotopic (exact) mass is 470 g/mol. The number of hydrogen-bond donors (Lipinski definition) is 0. The van der Waals surface area contributed by atoms with Crippen LogP contribution in [0.4, 0.5) is 0 Å². The van der Waals surface area contributed by atoms with Crippen molar-refractivity contribution in [1.29, 1.82) is 0 Å². The maximum atomic E-state index is 13.3. The molecule has 4 heterocycles. The van der Waals surface area contributed by atoms with E-state index in [-0.39, 0.29) is 23.7 Å². The average Bonchev–Trinajstić information content (AvgIpc) is 2.82. The number of nitrogens with zero attached hydrogens (tertiary/aromatic N) is 2. The van der Waals surface area contributed by atoms with E-state index in [1.54, 1.807) is 0 Å². The molecule has 0 radical (unpaired) electrons. The Bertz CT molecular complexity index is 663. The van der Waals surface area contributed by atoms with E-state index in [2.05, 4.69) is 23.6 Å². The second-order valence-electron chi connectivity index (χ2n) is 12.9. The fourth-order valence-corrected chi connectivity index (χ4v) is 9.04. The van der Waals surface area contributed by atoms with Crippen LogP contribution in [0.3, 0.4) is 0 Å². The van der Waals surface area contributed by atoms with Crippen molar-refractivity contribution in [2.45, 2.75) is 116 Å². The number of ketones is 2. The quantitative estimate of drug-likeness (QED) is 0.453. The van der Waals surface area contributed by atoms with Gasteiger partial charge in [0.05, 0.1) is 0 Å². The largest absolute Gasteiger partial charge is 0.299 e. The summed E-state index contributed by atoms with van der Waals surface area (Å²) in [6.45, 7) is 8.77. The second kappa shape index (κ2) is 11.1. The summed E-state index contributed by atoms with van der Waals surface area (Å²) in [5.41, 5.74) is 0. The smallest absolute Gasteiger partial charge is 0.141 e. The molecule has 0 unspecified atom stereocenters. The molecule has 1 saturated carbocycles. The summed E-state index contributed by atoms with van der Waals surface area (Å²) in [6.07, 6.45) is 17.5. The molecule has 1 aliphatic carbocycles. The lowest BCUT2D eigenvalue weighted by Gasteiger charge is -2.50. The lowest BCUT2D eigenvalue weighted by Crippen LogP contribution is -2.58. The van der Waals surface area contributed by atoms with Crippen molar-refractivity contribution in [3.8, 4) is 0 Å². The van der Waals surface area contributed by atoms with Crippen molar-refractivity contribution in [2.75, 3.05) is 26.2 Å². The highest BCUT2D eigenvalue weighted by Gasteiger charge is 2.46. The maximum Gasteiger partial charge on any atom is 0.141 e. The van der Waals surface area contributed by atoms with Gasteiger partial charge in [-0.1, -0.05) is 52.4 Å². The van der Waals surface area contributed by atoms with Gasteiger partial charge in [-0.05, 0) is 76.3 Å². The van der Waals surface area contributed by atoms with Gasteiger partial charge >= 0.3 is 0 Å². The van der Waals surface area contributed by atoms with Gasteiger partial charge in [0.15, 0.2) is 0 Å². The molecule has 5 rings (SSSR count). The molecule has 4 aliphatic heterocycles. The highest BCUT2D eigenvalue weighted by Crippen LogP contribution is 2.42. The first-order valence-electron chi connectivity index (χ1n) is 15.1. The van der Waals surface area contributed by atoms with Crippen LogP contribution in [0, 0.1) is 35.5 Å². The molecule has 0 aromatic heterocycles. The zero-order valence-electron chi connectivity index (χ0n) is 22.1. The number of carbonyl (C=O) groups excluding carboxylic acids is 2. The van der Waals surface area contributed by atoms with E-state index in [0.717, 1.165) is 25.9 Å². The molecular formula is C30H50N2O2. The third-order valence-electron chi connectivity index (χ3n) is 10.6. The molecule has 5 aliphatic rings. The van der Waals surface area contributed by atoms with E-state index in [4.69, 9.17) is 0 Å². The normalized spacial score (nSPS) is 43.7. The van der Waals surface area contributed by atoms with Crippen molar-refractivity contribution in [3.63, 3.8) is 0 Å². The molecule has 8 atom stereocenters. The zero-order chi connectivity index (χ0) is 23.7. The van der Waals surface area contributed by atoms with Crippen molar-refractivity contribution < 1.29 is 9.59 Å². The van der Waals surface area contributed by atoms with Gasteiger partial charge in [-0.2, -0.15) is 0 Å². The van der Waals surface area contributed by atoms with E-state index in [9.17, 15) is 9.59 Å². The molecule has 0 aromatic carbocycles. The number of Topliss-reactive ketones (excluding diaryl/α,β-unsaturated/α-hetero) is 2. The van der Waals surface area contributed by atoms with Gasteiger partial charge in [0.25, 0.3) is 0 Å². The van der Waals surface area contributed by atoms with Gasteiger partial charge in [-0.3, -0.25) is 19.4 Å². The van der Waals surface area contributed by atoms with Crippen LogP contribution in [0.25, 0.3) is 0 Å². The Balaban J connectivity index is 1.31. The molecular weight excluding hydrogens is 420 g/mol. The molecule has 5 fully saturated rings. The minimum absolute atomic E-state index is 0.224. The topological polar surface area (TPSA) is 40.6 Å². The van der Waals surface area contributed by atoms with Crippen LogP contribution < -0.4 is 0 Å². The molecule has 34 heavy (non-hydrogen) atoms. The van der Waals surface area contributed by atoms with Gasteiger partial charge in [-0.15, -0.1) is 0 Å². The Hall–Kier alpha value is -0.740. The average molecular weight is 471 g/mol. The first kappa shape index (κ1) is 24.9. The molecule has 4 heteroatoms. The van der Waals surface area contributed by atoms with E-state index in [1.807, 2.05) is 0 Å². The fourth-order valence-electron chi connectivity index (χ4n) is 9.04. The molecule has 192 valence electrons. The molecule has 0 bridgehead atoms. The van der Waals surface area contributed by atoms with Crippen LogP contribution in [-0.2, 0) is 9.59 Å². The first-order valence-corrected chi connectivity index (χ1v) is 15.1. The van der Waals surface area contributed by atoms with Crippen LogP contribution in [-0.4, -0.2) is 59.6 Å². The Labute approximate surface area is 208 Å². The third-order valence-corrected chi connectivity index (χ3v) is 10.6. The maximum absolute atomic E-state index is 13.3. The van der Waals surface area contributed by atoms with Gasteiger partial charge in [0.2, 0.25) is 0 Å². The van der Waals surface area contributed by atoms with Crippen molar-refractivity contribution in [1.82, 2.24) is 9.80 Å². The number of hydrogen-bond acceptors (Lipinski definition) is 4. The minimum atomic E-state index is 0.224. The van der Waals surface area contributed by atoms with Crippen molar-refractivity contribution in [2.24, 2.45) is 35.5 Å². The predicted octanol–water partition coefficient (Wildman–Crippen LogP) is 5.73. The molecule has 4 saturated heterocycles. The standard InChI is InChI=1S/C30H50N2O2/c1-21-19-31-17-9-13-23-11-6-4-8-16-26-28-24(14-10-18-32(28)20-22(2)30(26)34)12-5-3-7-15-25(27(23)31)29(21)33/h21-28H,3-20H2,1-2H3/t21-,22+,23-,24-,25-,26+,27+,28-/m1/s1. The first-order chi connectivity index (χ1) is 16.5. The third kappa shape index (κ3) is 5.05. The summed E-state index contributed by atoms with van der Waals surface area (Å²) < 4.78 is 0. The predicted molar refractivity (Wildman–Crippen MR) is 138 cm³/mol. The van der Waals surface area contributed by atoms with E-state index >= 15 is 0 Å². The Morgan fingerprint density at radius 1 is 0.529 bits per heavy atom. The summed E-state index contributed by atoms with van der Waals surface area (Å²) in [5.74, 6) is 3.59. The van der Waals surface area contributed by atoms with Gasteiger partial charge in [0.1, 0.15) is 11.6 Å². The Kier molecular flexibility index (Phi) is 8.15. The number of rotatable bonds is 0. The van der Waals surface area contributed by atoms with E-state index in [0.29, 0.717) is 35.5 Å². The fraction of sp³-hybridized carbons (Fsp3) is 0.933. The second-order valence-corrected chi connectivity index (χ2v) is 12.9. The van der Waals surface area contributed by atoms with Crippen LogP contribution in [0.1, 0.15) is 104 Å². The molecule has 0 spiro atoms. The minimum Gasteiger partial charge on any atom is -0.299 e. The van der Waals surface area contributed by atoms with E-state index < -0.39 is 0 Å². The molecule has 0 amide bonds. The lowest BCUT2D eigenvalue weighted by molar-refractivity contribution is -0.138. The van der Waals surface area contributed by atoms with E-state index in [1.165, 1.54) is 90.1 Å². The van der Waals surface area contributed by atoms with Gasteiger partial charge in [-0.25, -0.2) is 0 Å². The molecule has 0 aromatic rings. The molecule has 0 N–H and O–H groups in total. The summed E-state index contributed by atoms with van der Waals surface area (Å²) in [7, 11) is 0. The van der Waals surface area contributed by atoms with Crippen LogP contribution in [0.15, 0.2) is 0 Å².